The molecule has 4 heteroatoms. The van der Waals surface area contributed by atoms with Crippen LogP contribution in [0.15, 0.2) is 18.3 Å². The van der Waals surface area contributed by atoms with Crippen molar-refractivity contribution < 1.29 is 4.79 Å². The third-order valence-electron chi connectivity index (χ3n) is 3.78. The molecule has 1 fully saturated rings. The number of pyridine rings is 1. The second-order valence-electron chi connectivity index (χ2n) is 6.58. The highest BCUT2D eigenvalue weighted by atomic mass is 16.2. The first kappa shape index (κ1) is 14.8. The van der Waals surface area contributed by atoms with E-state index in [1.54, 1.807) is 0 Å². The van der Waals surface area contributed by atoms with Gasteiger partial charge in [0.15, 0.2) is 0 Å². The summed E-state index contributed by atoms with van der Waals surface area (Å²) in [5.74, 6) is 0.933. The van der Waals surface area contributed by atoms with Crippen LogP contribution in [-0.4, -0.2) is 34.9 Å². The van der Waals surface area contributed by atoms with Crippen LogP contribution >= 0.6 is 0 Å². The Kier molecular flexibility index (Phi) is 4.31. The van der Waals surface area contributed by atoms with Crippen LogP contribution < -0.4 is 5.32 Å². The number of carbonyl (C=O) groups excluding carboxylic acids is 1. The predicted octanol–water partition coefficient (Wildman–Crippen LogP) is 2.80. The Morgan fingerprint density at radius 2 is 1.95 bits per heavy atom. The largest absolute Gasteiger partial charge is 0.359 e. The van der Waals surface area contributed by atoms with Gasteiger partial charge in [0.1, 0.15) is 11.9 Å². The summed E-state index contributed by atoms with van der Waals surface area (Å²) in [4.78, 5) is 18.6. The Bertz CT molecular complexity index is 456. The van der Waals surface area contributed by atoms with Crippen molar-refractivity contribution in [1.82, 2.24) is 9.88 Å². The van der Waals surface area contributed by atoms with E-state index in [2.05, 4.69) is 37.1 Å². The van der Waals surface area contributed by atoms with Gasteiger partial charge in [-0.25, -0.2) is 4.98 Å². The molecule has 0 aliphatic carbocycles. The second kappa shape index (κ2) is 5.81. The molecule has 0 saturated carbocycles. The number of carbonyl (C=O) groups is 1. The molecule has 2 heterocycles. The normalized spacial score (nSPS) is 17.1. The van der Waals surface area contributed by atoms with Gasteiger partial charge in [-0.3, -0.25) is 4.79 Å². The van der Waals surface area contributed by atoms with E-state index in [-0.39, 0.29) is 17.4 Å². The van der Waals surface area contributed by atoms with Gasteiger partial charge in [-0.1, -0.05) is 26.8 Å². The van der Waals surface area contributed by atoms with Crippen LogP contribution in [0.2, 0.25) is 0 Å². The van der Waals surface area contributed by atoms with E-state index in [0.29, 0.717) is 0 Å². The average molecular weight is 275 g/mol. The van der Waals surface area contributed by atoms with Crippen molar-refractivity contribution in [2.75, 3.05) is 18.4 Å². The number of likely N-dealkylation sites (tertiary alicyclic amines) is 1. The van der Waals surface area contributed by atoms with E-state index in [9.17, 15) is 4.79 Å². The van der Waals surface area contributed by atoms with E-state index in [4.69, 9.17) is 0 Å². The van der Waals surface area contributed by atoms with Crippen molar-refractivity contribution in [3.05, 3.63) is 23.9 Å². The average Bonchev–Trinajstić information content (AvgIpc) is 2.91. The van der Waals surface area contributed by atoms with E-state index in [1.807, 2.05) is 24.1 Å². The number of rotatable bonds is 3. The standard InChI is InChI=1S/C16H25N3O/c1-12(15(20)19-9-5-6-10-19)18-14-8-7-13(11-17-14)16(2,3)4/h7-8,11-12H,5-6,9-10H2,1-4H3,(H,17,18). The molecule has 1 amide bonds. The van der Waals surface area contributed by atoms with Gasteiger partial charge in [0, 0.05) is 19.3 Å². The summed E-state index contributed by atoms with van der Waals surface area (Å²) in [5.41, 5.74) is 1.30. The Balaban J connectivity index is 1.97. The molecule has 0 bridgehead atoms. The third kappa shape index (κ3) is 3.50. The molecule has 1 unspecified atom stereocenters. The summed E-state index contributed by atoms with van der Waals surface area (Å²) in [6.07, 6.45) is 4.13. The van der Waals surface area contributed by atoms with Crippen LogP contribution in [-0.2, 0) is 10.2 Å². The van der Waals surface area contributed by atoms with E-state index >= 15 is 0 Å². The molecule has 1 aliphatic rings. The predicted molar refractivity (Wildman–Crippen MR) is 81.8 cm³/mol. The minimum atomic E-state index is -0.221. The SMILES string of the molecule is CC(Nc1ccc(C(C)(C)C)cn1)C(=O)N1CCCC1. The zero-order chi connectivity index (χ0) is 14.8. The van der Waals surface area contributed by atoms with Gasteiger partial charge in [-0.15, -0.1) is 0 Å². The van der Waals surface area contributed by atoms with Crippen LogP contribution in [0.3, 0.4) is 0 Å². The lowest BCUT2D eigenvalue weighted by Gasteiger charge is -2.22. The Morgan fingerprint density at radius 1 is 1.30 bits per heavy atom. The first-order valence-corrected chi connectivity index (χ1v) is 7.40. The van der Waals surface area contributed by atoms with Crippen LogP contribution in [0, 0.1) is 0 Å². The smallest absolute Gasteiger partial charge is 0.244 e. The maximum Gasteiger partial charge on any atom is 0.244 e. The quantitative estimate of drug-likeness (QED) is 0.922. The molecule has 1 aromatic heterocycles. The fourth-order valence-corrected chi connectivity index (χ4v) is 2.42. The fraction of sp³-hybridized carbons (Fsp3) is 0.625. The van der Waals surface area contributed by atoms with Gasteiger partial charge in [-0.05, 0) is 36.8 Å². The van der Waals surface area contributed by atoms with Crippen LogP contribution in [0.4, 0.5) is 5.82 Å². The summed E-state index contributed by atoms with van der Waals surface area (Å²) in [6, 6.07) is 3.80. The van der Waals surface area contributed by atoms with Crippen LogP contribution in [0.25, 0.3) is 0 Å². The molecular weight excluding hydrogens is 250 g/mol. The number of amides is 1. The second-order valence-corrected chi connectivity index (χ2v) is 6.58. The summed E-state index contributed by atoms with van der Waals surface area (Å²) >= 11 is 0. The fourth-order valence-electron chi connectivity index (χ4n) is 2.42. The number of anilines is 1. The first-order valence-electron chi connectivity index (χ1n) is 7.40. The van der Waals surface area contributed by atoms with Gasteiger partial charge in [-0.2, -0.15) is 0 Å². The Morgan fingerprint density at radius 3 is 2.45 bits per heavy atom. The van der Waals surface area contributed by atoms with Crippen molar-refractivity contribution >= 4 is 11.7 Å². The van der Waals surface area contributed by atoms with Crippen molar-refractivity contribution in [2.24, 2.45) is 0 Å². The molecule has 20 heavy (non-hydrogen) atoms. The number of nitrogens with zero attached hydrogens (tertiary/aromatic N) is 2. The number of hydrogen-bond acceptors (Lipinski definition) is 3. The molecule has 1 aliphatic heterocycles. The van der Waals surface area contributed by atoms with E-state index in [1.165, 1.54) is 5.56 Å². The van der Waals surface area contributed by atoms with Gasteiger partial charge in [0.25, 0.3) is 0 Å². The maximum atomic E-state index is 12.2. The van der Waals surface area contributed by atoms with Crippen molar-refractivity contribution in [3.63, 3.8) is 0 Å². The van der Waals surface area contributed by atoms with Crippen molar-refractivity contribution in [3.8, 4) is 0 Å². The highest BCUT2D eigenvalue weighted by Gasteiger charge is 2.23. The molecule has 1 saturated heterocycles. The van der Waals surface area contributed by atoms with Crippen LogP contribution in [0.1, 0.15) is 46.1 Å². The lowest BCUT2D eigenvalue weighted by Crippen LogP contribution is -2.39. The van der Waals surface area contributed by atoms with Crippen LogP contribution in [0.5, 0.6) is 0 Å². The van der Waals surface area contributed by atoms with Gasteiger partial charge < -0.3 is 10.2 Å². The lowest BCUT2D eigenvalue weighted by atomic mass is 9.88. The van der Waals surface area contributed by atoms with E-state index < -0.39 is 0 Å². The highest BCUT2D eigenvalue weighted by Crippen LogP contribution is 2.22. The van der Waals surface area contributed by atoms with Gasteiger partial charge in [0.2, 0.25) is 5.91 Å². The summed E-state index contributed by atoms with van der Waals surface area (Å²) in [6.45, 7) is 10.2. The molecular formula is C16H25N3O. The minimum Gasteiger partial charge on any atom is -0.359 e. The number of hydrogen-bond donors (Lipinski definition) is 1. The van der Waals surface area contributed by atoms with Crippen molar-refractivity contribution in [1.29, 1.82) is 0 Å². The lowest BCUT2D eigenvalue weighted by molar-refractivity contribution is -0.130. The molecule has 1 aromatic rings. The minimum absolute atomic E-state index is 0.0997. The zero-order valence-electron chi connectivity index (χ0n) is 12.9. The van der Waals surface area contributed by atoms with E-state index in [0.717, 1.165) is 31.7 Å². The maximum absolute atomic E-state index is 12.2. The van der Waals surface area contributed by atoms with Crippen molar-refractivity contribution in [2.45, 2.75) is 52.0 Å². The summed E-state index contributed by atoms with van der Waals surface area (Å²) in [7, 11) is 0. The zero-order valence-corrected chi connectivity index (χ0v) is 12.9. The van der Waals surface area contributed by atoms with Gasteiger partial charge >= 0.3 is 0 Å². The Labute approximate surface area is 121 Å². The molecule has 0 spiro atoms. The van der Waals surface area contributed by atoms with Gasteiger partial charge in [0.05, 0.1) is 0 Å². The topological polar surface area (TPSA) is 45.2 Å². The first-order chi connectivity index (χ1) is 9.38. The third-order valence-corrected chi connectivity index (χ3v) is 3.78. The summed E-state index contributed by atoms with van der Waals surface area (Å²) < 4.78 is 0. The Hall–Kier alpha value is -1.58. The molecule has 0 aromatic carbocycles. The summed E-state index contributed by atoms with van der Waals surface area (Å²) in [5, 5.41) is 3.19. The number of nitrogens with one attached hydrogen (secondary N) is 1. The molecule has 0 radical (unpaired) electrons. The molecule has 2 rings (SSSR count). The number of aromatic nitrogens is 1. The molecule has 1 N–H and O–H groups in total. The molecule has 4 nitrogen and oxygen atoms in total. The molecule has 1 atom stereocenters. The highest BCUT2D eigenvalue weighted by molar-refractivity contribution is 5.84. The molecule has 110 valence electrons. The monoisotopic (exact) mass is 275 g/mol.